The molecule has 1 N–H and O–H groups in total. The van der Waals surface area contributed by atoms with Gasteiger partial charge in [-0.2, -0.15) is 5.10 Å². The zero-order valence-corrected chi connectivity index (χ0v) is 15.6. The van der Waals surface area contributed by atoms with Gasteiger partial charge in [0.25, 0.3) is 5.91 Å². The summed E-state index contributed by atoms with van der Waals surface area (Å²) >= 11 is 6.17. The largest absolute Gasteiger partial charge is 0.463 e. The van der Waals surface area contributed by atoms with Gasteiger partial charge in [-0.25, -0.2) is 9.67 Å². The van der Waals surface area contributed by atoms with Crippen molar-refractivity contribution in [2.75, 3.05) is 5.32 Å². The number of amides is 1. The van der Waals surface area contributed by atoms with Gasteiger partial charge in [-0.1, -0.05) is 23.7 Å². The molecule has 0 fully saturated rings. The molecule has 1 amide bonds. The molecule has 0 aliphatic rings. The first-order valence-electron chi connectivity index (χ1n) is 8.52. The van der Waals surface area contributed by atoms with Crippen molar-refractivity contribution in [2.45, 2.75) is 19.9 Å². The minimum atomic E-state index is -0.286. The Morgan fingerprint density at radius 2 is 2.04 bits per heavy atom. The number of rotatable bonds is 4. The Morgan fingerprint density at radius 1 is 1.22 bits per heavy atom. The summed E-state index contributed by atoms with van der Waals surface area (Å²) in [5, 5.41) is 8.41. The van der Waals surface area contributed by atoms with E-state index in [1.807, 2.05) is 26.0 Å². The number of anilines is 1. The summed E-state index contributed by atoms with van der Waals surface area (Å²) in [5.74, 6) is 0.298. The number of nitrogens with one attached hydrogen (secondary N) is 1. The van der Waals surface area contributed by atoms with E-state index >= 15 is 0 Å². The van der Waals surface area contributed by atoms with Gasteiger partial charge in [0.15, 0.2) is 11.4 Å². The number of hydrogen-bond donors (Lipinski definition) is 1. The second-order valence-corrected chi connectivity index (χ2v) is 6.79. The highest BCUT2D eigenvalue weighted by Crippen LogP contribution is 2.28. The Kier molecular flexibility index (Phi) is 4.41. The van der Waals surface area contributed by atoms with Crippen LogP contribution in [0.15, 0.2) is 59.3 Å². The van der Waals surface area contributed by atoms with Crippen molar-refractivity contribution in [3.63, 3.8) is 0 Å². The van der Waals surface area contributed by atoms with E-state index in [1.54, 1.807) is 47.5 Å². The maximum absolute atomic E-state index is 13.0. The number of furan rings is 1. The number of hydrogen-bond acceptors (Lipinski definition) is 4. The summed E-state index contributed by atoms with van der Waals surface area (Å²) in [6.45, 7) is 4.02. The third kappa shape index (κ3) is 3.19. The van der Waals surface area contributed by atoms with E-state index in [-0.39, 0.29) is 11.9 Å². The standard InChI is InChI=1S/C20H17ClN4O2/c1-12(2)25-19-14(11-22-25)13(10-17(23-19)18-8-5-9-27-18)20(26)24-16-7-4-3-6-15(16)21/h3-12H,1-2H3,(H,24,26). The highest BCUT2D eigenvalue weighted by atomic mass is 35.5. The maximum Gasteiger partial charge on any atom is 0.256 e. The van der Waals surface area contributed by atoms with Crippen LogP contribution >= 0.6 is 11.6 Å². The van der Waals surface area contributed by atoms with Crippen LogP contribution in [0.25, 0.3) is 22.5 Å². The summed E-state index contributed by atoms with van der Waals surface area (Å²) < 4.78 is 7.26. The number of para-hydroxylation sites is 1. The minimum Gasteiger partial charge on any atom is -0.463 e. The normalized spacial score (nSPS) is 11.3. The van der Waals surface area contributed by atoms with Crippen molar-refractivity contribution in [3.8, 4) is 11.5 Å². The Hall–Kier alpha value is -3.12. The van der Waals surface area contributed by atoms with Crippen LogP contribution < -0.4 is 5.32 Å². The van der Waals surface area contributed by atoms with Gasteiger partial charge in [0.05, 0.1) is 34.1 Å². The van der Waals surface area contributed by atoms with Crippen LogP contribution in [0.3, 0.4) is 0 Å². The molecule has 4 rings (SSSR count). The third-order valence-corrected chi connectivity index (χ3v) is 4.53. The summed E-state index contributed by atoms with van der Waals surface area (Å²) in [4.78, 5) is 17.7. The van der Waals surface area contributed by atoms with Crippen LogP contribution in [0, 0.1) is 0 Å². The van der Waals surface area contributed by atoms with Crippen molar-refractivity contribution in [1.82, 2.24) is 14.8 Å². The monoisotopic (exact) mass is 380 g/mol. The third-order valence-electron chi connectivity index (χ3n) is 4.20. The Balaban J connectivity index is 1.86. The average molecular weight is 381 g/mol. The summed E-state index contributed by atoms with van der Waals surface area (Å²) in [6.07, 6.45) is 3.24. The SMILES string of the molecule is CC(C)n1ncc2c(C(=O)Nc3ccccc3Cl)cc(-c3ccco3)nc21. The molecule has 7 heteroatoms. The summed E-state index contributed by atoms with van der Waals surface area (Å²) in [7, 11) is 0. The van der Waals surface area contributed by atoms with Crippen LogP contribution in [-0.2, 0) is 0 Å². The fraction of sp³-hybridized carbons (Fsp3) is 0.150. The molecular weight excluding hydrogens is 364 g/mol. The summed E-state index contributed by atoms with van der Waals surface area (Å²) in [6, 6.07) is 12.5. The van der Waals surface area contributed by atoms with Crippen LogP contribution in [0.2, 0.25) is 5.02 Å². The molecule has 6 nitrogen and oxygen atoms in total. The van der Waals surface area contributed by atoms with Gasteiger partial charge >= 0.3 is 0 Å². The lowest BCUT2D eigenvalue weighted by atomic mass is 10.1. The van der Waals surface area contributed by atoms with Crippen molar-refractivity contribution < 1.29 is 9.21 Å². The number of carbonyl (C=O) groups is 1. The van der Waals surface area contributed by atoms with Crippen LogP contribution in [0.4, 0.5) is 5.69 Å². The molecule has 0 unspecified atom stereocenters. The molecular formula is C20H17ClN4O2. The van der Waals surface area contributed by atoms with Gasteiger partial charge in [0.2, 0.25) is 0 Å². The highest BCUT2D eigenvalue weighted by molar-refractivity contribution is 6.34. The molecule has 0 radical (unpaired) electrons. The van der Waals surface area contributed by atoms with Crippen molar-refractivity contribution in [1.29, 1.82) is 0 Å². The van der Waals surface area contributed by atoms with E-state index in [9.17, 15) is 4.79 Å². The smallest absolute Gasteiger partial charge is 0.256 e. The topological polar surface area (TPSA) is 73.0 Å². The molecule has 3 aromatic heterocycles. The number of benzene rings is 1. The van der Waals surface area contributed by atoms with E-state index in [1.165, 1.54) is 0 Å². The Morgan fingerprint density at radius 3 is 2.74 bits per heavy atom. The quantitative estimate of drug-likeness (QED) is 0.529. The van der Waals surface area contributed by atoms with Crippen molar-refractivity contribution in [2.24, 2.45) is 0 Å². The molecule has 0 atom stereocenters. The number of halogens is 1. The Labute approximate surface area is 160 Å². The van der Waals surface area contributed by atoms with E-state index in [2.05, 4.69) is 15.4 Å². The first kappa shape index (κ1) is 17.3. The molecule has 0 saturated carbocycles. The minimum absolute atomic E-state index is 0.0985. The molecule has 4 aromatic rings. The van der Waals surface area contributed by atoms with Gasteiger partial charge in [-0.15, -0.1) is 0 Å². The van der Waals surface area contributed by atoms with Gasteiger partial charge in [0, 0.05) is 6.04 Å². The van der Waals surface area contributed by atoms with E-state index in [0.717, 1.165) is 0 Å². The molecule has 27 heavy (non-hydrogen) atoms. The highest BCUT2D eigenvalue weighted by Gasteiger charge is 2.20. The van der Waals surface area contributed by atoms with Crippen LogP contribution in [0.1, 0.15) is 30.2 Å². The fourth-order valence-corrected chi connectivity index (χ4v) is 3.07. The van der Waals surface area contributed by atoms with Crippen molar-refractivity contribution >= 4 is 34.2 Å². The summed E-state index contributed by atoms with van der Waals surface area (Å²) in [5.41, 5.74) is 2.20. The van der Waals surface area contributed by atoms with Gasteiger partial charge in [-0.3, -0.25) is 4.79 Å². The van der Waals surface area contributed by atoms with Crippen molar-refractivity contribution in [3.05, 3.63) is 65.5 Å². The van der Waals surface area contributed by atoms with Crippen LogP contribution in [-0.4, -0.2) is 20.7 Å². The Bertz CT molecular complexity index is 1120. The number of pyridine rings is 1. The number of carbonyl (C=O) groups excluding carboxylic acids is 1. The lowest BCUT2D eigenvalue weighted by molar-refractivity contribution is 0.102. The lowest BCUT2D eigenvalue weighted by Crippen LogP contribution is -2.13. The zero-order chi connectivity index (χ0) is 19.0. The molecule has 3 heterocycles. The van der Waals surface area contributed by atoms with Crippen LogP contribution in [0.5, 0.6) is 0 Å². The van der Waals surface area contributed by atoms with E-state index < -0.39 is 0 Å². The molecule has 0 aliphatic heterocycles. The number of aromatic nitrogens is 3. The zero-order valence-electron chi connectivity index (χ0n) is 14.8. The van der Waals surface area contributed by atoms with Gasteiger partial charge in [-0.05, 0) is 44.2 Å². The molecule has 1 aromatic carbocycles. The first-order valence-corrected chi connectivity index (χ1v) is 8.90. The molecule has 0 saturated heterocycles. The second kappa shape index (κ2) is 6.89. The lowest BCUT2D eigenvalue weighted by Gasteiger charge is -2.11. The number of fused-ring (bicyclic) bond motifs is 1. The first-order chi connectivity index (χ1) is 13.0. The van der Waals surface area contributed by atoms with E-state index in [4.69, 9.17) is 16.0 Å². The fourth-order valence-electron chi connectivity index (χ4n) is 2.89. The number of nitrogens with zero attached hydrogens (tertiary/aromatic N) is 3. The maximum atomic E-state index is 13.0. The predicted octanol–water partition coefficient (Wildman–Crippen LogP) is 5.18. The van der Waals surface area contributed by atoms with Gasteiger partial charge in [0.1, 0.15) is 5.69 Å². The molecule has 136 valence electrons. The average Bonchev–Trinajstić information content (AvgIpc) is 3.32. The molecule has 0 bridgehead atoms. The second-order valence-electron chi connectivity index (χ2n) is 6.39. The van der Waals surface area contributed by atoms with E-state index in [0.29, 0.717) is 38.8 Å². The molecule has 0 aliphatic carbocycles. The van der Waals surface area contributed by atoms with Gasteiger partial charge < -0.3 is 9.73 Å². The molecule has 0 spiro atoms. The predicted molar refractivity (Wildman–Crippen MR) is 105 cm³/mol.